The third kappa shape index (κ3) is 12.4. The molecule has 3 rings (SSSR count). The van der Waals surface area contributed by atoms with E-state index >= 15 is 0 Å². The molecule has 3 aliphatic rings. The summed E-state index contributed by atoms with van der Waals surface area (Å²) in [6, 6.07) is 0. The summed E-state index contributed by atoms with van der Waals surface area (Å²) >= 11 is 0. The predicted octanol–water partition coefficient (Wildman–Crippen LogP) is 4.95. The molecule has 0 aromatic rings. The molecule has 43 heavy (non-hydrogen) atoms. The maximum Gasteiger partial charge on any atom is 0.309 e. The molecule has 1 saturated carbocycles. The molecule has 0 aromatic carbocycles. The lowest BCUT2D eigenvalue weighted by atomic mass is 9.81. The van der Waals surface area contributed by atoms with E-state index in [0.29, 0.717) is 55.8 Å². The zero-order chi connectivity index (χ0) is 31.2. The average molecular weight is 608 g/mol. The van der Waals surface area contributed by atoms with Gasteiger partial charge in [0.1, 0.15) is 0 Å². The second-order valence-electron chi connectivity index (χ2n) is 14.4. The maximum atomic E-state index is 12.1. The van der Waals surface area contributed by atoms with Crippen LogP contribution in [0, 0.1) is 35.5 Å². The zero-order valence-electron chi connectivity index (χ0n) is 27.3. The summed E-state index contributed by atoms with van der Waals surface area (Å²) in [6.45, 7) is 7.05. The highest BCUT2D eigenvalue weighted by Gasteiger charge is 2.45. The molecule has 1 aliphatic heterocycles. The SMILES string of the molecule is CCCCCC1C=CC(CCCCCC(C(=O)O)C(O)CCC2(O)CC(CNCC)C(CC3CCNC(N)C3)C2)C(O)C1. The molecule has 8 nitrogen and oxygen atoms in total. The highest BCUT2D eigenvalue weighted by Crippen LogP contribution is 2.46. The Morgan fingerprint density at radius 2 is 1.81 bits per heavy atom. The number of aliphatic hydroxyl groups is 3. The Morgan fingerprint density at radius 3 is 2.51 bits per heavy atom. The van der Waals surface area contributed by atoms with Crippen LogP contribution in [0.4, 0.5) is 0 Å². The zero-order valence-corrected chi connectivity index (χ0v) is 27.3. The Labute approximate surface area is 261 Å². The van der Waals surface area contributed by atoms with Crippen LogP contribution >= 0.6 is 0 Å². The third-order valence-electron chi connectivity index (χ3n) is 10.9. The van der Waals surface area contributed by atoms with E-state index in [2.05, 4.69) is 36.6 Å². The van der Waals surface area contributed by atoms with E-state index < -0.39 is 23.6 Å². The minimum atomic E-state index is -0.956. The molecule has 10 atom stereocenters. The van der Waals surface area contributed by atoms with E-state index in [1.807, 2.05) is 0 Å². The van der Waals surface area contributed by atoms with E-state index in [-0.39, 0.29) is 18.2 Å². The maximum absolute atomic E-state index is 12.1. The largest absolute Gasteiger partial charge is 0.481 e. The van der Waals surface area contributed by atoms with Gasteiger partial charge in [0.05, 0.1) is 29.9 Å². The summed E-state index contributed by atoms with van der Waals surface area (Å²) in [4.78, 5) is 12.1. The van der Waals surface area contributed by atoms with Gasteiger partial charge in [-0.2, -0.15) is 0 Å². The number of unbranched alkanes of at least 4 members (excludes halogenated alkanes) is 4. The van der Waals surface area contributed by atoms with Gasteiger partial charge in [-0.3, -0.25) is 4.79 Å². The summed E-state index contributed by atoms with van der Waals surface area (Å²) in [6.07, 6.45) is 18.3. The standard InChI is InChI=1S/C35H65N3O5/c1-3-5-7-10-25-13-14-27(32(40)20-25)11-8-6-9-12-30(34(41)42)31(39)15-17-35(43)22-28(29(23-35)24-37-4-2)19-26-16-18-38-33(36)21-26/h13-14,25-33,37-40,43H,3-12,15-24,36H2,1-2H3,(H,41,42). The van der Waals surface area contributed by atoms with Crippen molar-refractivity contribution >= 4 is 5.97 Å². The van der Waals surface area contributed by atoms with Gasteiger partial charge in [0.15, 0.2) is 0 Å². The molecular weight excluding hydrogens is 542 g/mol. The number of hydrogen-bond acceptors (Lipinski definition) is 7. The van der Waals surface area contributed by atoms with Crippen molar-refractivity contribution in [1.82, 2.24) is 10.6 Å². The van der Waals surface area contributed by atoms with Crippen LogP contribution in [0.15, 0.2) is 12.2 Å². The van der Waals surface area contributed by atoms with Gasteiger partial charge >= 0.3 is 5.97 Å². The van der Waals surface area contributed by atoms with Crippen LogP contribution in [0.25, 0.3) is 0 Å². The molecule has 0 aromatic heterocycles. The fourth-order valence-electron chi connectivity index (χ4n) is 8.29. The van der Waals surface area contributed by atoms with Crippen molar-refractivity contribution in [3.63, 3.8) is 0 Å². The summed E-state index contributed by atoms with van der Waals surface area (Å²) in [5.41, 5.74) is 5.30. The molecule has 0 spiro atoms. The van der Waals surface area contributed by atoms with E-state index in [4.69, 9.17) is 5.73 Å². The number of piperidine rings is 1. The Bertz CT molecular complexity index is 827. The first-order chi connectivity index (χ1) is 20.6. The average Bonchev–Trinajstić information content (AvgIpc) is 3.28. The van der Waals surface area contributed by atoms with E-state index in [9.17, 15) is 25.2 Å². The fraction of sp³-hybridized carbons (Fsp3) is 0.914. The van der Waals surface area contributed by atoms with Crippen LogP contribution in [0.2, 0.25) is 0 Å². The molecule has 8 heteroatoms. The molecule has 2 aliphatic carbocycles. The summed E-state index contributed by atoms with van der Waals surface area (Å²) < 4.78 is 0. The number of rotatable bonds is 20. The van der Waals surface area contributed by atoms with Crippen LogP contribution in [0.5, 0.6) is 0 Å². The predicted molar refractivity (Wildman–Crippen MR) is 173 cm³/mol. The van der Waals surface area contributed by atoms with Gasteiger partial charge in [-0.15, -0.1) is 0 Å². The van der Waals surface area contributed by atoms with E-state index in [0.717, 1.165) is 77.4 Å². The quantitative estimate of drug-likeness (QED) is 0.0759. The molecule has 250 valence electrons. The smallest absolute Gasteiger partial charge is 0.309 e. The van der Waals surface area contributed by atoms with Gasteiger partial charge < -0.3 is 36.8 Å². The number of nitrogens with two attached hydrogens (primary N) is 1. The number of aliphatic hydroxyl groups excluding tert-OH is 2. The first kappa shape index (κ1) is 36.4. The van der Waals surface area contributed by atoms with Gasteiger partial charge in [0, 0.05) is 5.92 Å². The number of carbonyl (C=O) groups is 1. The van der Waals surface area contributed by atoms with Crippen molar-refractivity contribution in [2.75, 3.05) is 19.6 Å². The monoisotopic (exact) mass is 607 g/mol. The van der Waals surface area contributed by atoms with E-state index in [1.54, 1.807) is 0 Å². The van der Waals surface area contributed by atoms with Crippen molar-refractivity contribution in [2.24, 2.45) is 41.2 Å². The first-order valence-corrected chi connectivity index (χ1v) is 17.8. The molecule has 1 saturated heterocycles. The number of aliphatic carboxylic acids is 1. The van der Waals surface area contributed by atoms with Gasteiger partial charge in [-0.1, -0.05) is 64.5 Å². The lowest BCUT2D eigenvalue weighted by Crippen LogP contribution is -2.44. The van der Waals surface area contributed by atoms with Crippen molar-refractivity contribution < 1.29 is 25.2 Å². The molecule has 2 fully saturated rings. The molecular formula is C35H65N3O5. The number of carboxylic acid groups (broad SMARTS) is 1. The topological polar surface area (TPSA) is 148 Å². The van der Waals surface area contributed by atoms with Crippen LogP contribution in [0.3, 0.4) is 0 Å². The number of allylic oxidation sites excluding steroid dienone is 1. The van der Waals surface area contributed by atoms with Crippen molar-refractivity contribution in [1.29, 1.82) is 0 Å². The van der Waals surface area contributed by atoms with Gasteiger partial charge in [0.25, 0.3) is 0 Å². The lowest BCUT2D eigenvalue weighted by Gasteiger charge is -2.31. The van der Waals surface area contributed by atoms with Gasteiger partial charge in [-0.25, -0.2) is 0 Å². The summed E-state index contributed by atoms with van der Waals surface area (Å²) in [7, 11) is 0. The molecule has 0 bridgehead atoms. The normalized spacial score (nSPS) is 34.3. The molecule has 8 N–H and O–H groups in total. The minimum Gasteiger partial charge on any atom is -0.481 e. The second-order valence-corrected chi connectivity index (χ2v) is 14.4. The second kappa shape index (κ2) is 18.8. The van der Waals surface area contributed by atoms with Crippen LogP contribution < -0.4 is 16.4 Å². The minimum absolute atomic E-state index is 0.0536. The van der Waals surface area contributed by atoms with Gasteiger partial charge in [-0.05, 0) is 114 Å². The van der Waals surface area contributed by atoms with Crippen molar-refractivity contribution in [3.8, 4) is 0 Å². The highest BCUT2D eigenvalue weighted by molar-refractivity contribution is 5.70. The Hall–Kier alpha value is -1.03. The van der Waals surface area contributed by atoms with E-state index in [1.165, 1.54) is 19.3 Å². The number of hydrogen-bond donors (Lipinski definition) is 7. The molecule has 1 heterocycles. The Balaban J connectivity index is 1.41. The van der Waals surface area contributed by atoms with Crippen LogP contribution in [-0.4, -0.2) is 70.0 Å². The van der Waals surface area contributed by atoms with Gasteiger partial charge in [0.2, 0.25) is 0 Å². The van der Waals surface area contributed by atoms with Crippen LogP contribution in [-0.2, 0) is 4.79 Å². The number of carboxylic acids is 1. The molecule has 0 radical (unpaired) electrons. The number of nitrogens with one attached hydrogen (secondary N) is 2. The highest BCUT2D eigenvalue weighted by atomic mass is 16.4. The molecule has 0 amide bonds. The Kier molecular flexibility index (Phi) is 16.0. The summed E-state index contributed by atoms with van der Waals surface area (Å²) in [5.74, 6) is 0.302. The Morgan fingerprint density at radius 1 is 1.05 bits per heavy atom. The van der Waals surface area contributed by atoms with Crippen LogP contribution in [0.1, 0.15) is 123 Å². The van der Waals surface area contributed by atoms with Crippen molar-refractivity contribution in [2.45, 2.75) is 147 Å². The van der Waals surface area contributed by atoms with Crippen molar-refractivity contribution in [3.05, 3.63) is 12.2 Å². The fourth-order valence-corrected chi connectivity index (χ4v) is 8.29. The first-order valence-electron chi connectivity index (χ1n) is 17.8. The lowest BCUT2D eigenvalue weighted by molar-refractivity contribution is -0.146. The summed E-state index contributed by atoms with van der Waals surface area (Å²) in [5, 5.41) is 49.9. The third-order valence-corrected chi connectivity index (χ3v) is 10.9. The molecule has 10 unspecified atom stereocenters.